The van der Waals surface area contributed by atoms with E-state index in [0.717, 1.165) is 17.4 Å². The van der Waals surface area contributed by atoms with Crippen molar-refractivity contribution in [1.29, 1.82) is 0 Å². The van der Waals surface area contributed by atoms with Crippen LogP contribution in [0.15, 0.2) is 15.9 Å². The van der Waals surface area contributed by atoms with E-state index in [1.165, 1.54) is 4.88 Å². The fourth-order valence-electron chi connectivity index (χ4n) is 0.627. The van der Waals surface area contributed by atoms with Gasteiger partial charge in [-0.25, -0.2) is 0 Å². The largest absolute Gasteiger partial charge is 0.330 e. The second-order valence-electron chi connectivity index (χ2n) is 1.77. The molecule has 3 heteroatoms. The minimum absolute atomic E-state index is 0.743. The van der Waals surface area contributed by atoms with Crippen LogP contribution in [0.4, 0.5) is 0 Å². The first-order valence-electron chi connectivity index (χ1n) is 3.76. The molecule has 0 aliphatic carbocycles. The lowest BCUT2D eigenvalue weighted by Gasteiger charge is -1.86. The van der Waals surface area contributed by atoms with Crippen molar-refractivity contribution in [3.63, 3.8) is 0 Å². The van der Waals surface area contributed by atoms with Crippen molar-refractivity contribution < 1.29 is 0 Å². The van der Waals surface area contributed by atoms with E-state index in [9.17, 15) is 0 Å². The molecular weight excluding hydrogens is 222 g/mol. The summed E-state index contributed by atoms with van der Waals surface area (Å²) in [7, 11) is 0. The third-order valence-corrected chi connectivity index (χ3v) is 2.77. The maximum Gasteiger partial charge on any atom is 0.0285 e. The topological polar surface area (TPSA) is 26.0 Å². The maximum atomic E-state index is 5.36. The highest BCUT2D eigenvalue weighted by atomic mass is 79.9. The van der Waals surface area contributed by atoms with Gasteiger partial charge in [0, 0.05) is 14.7 Å². The van der Waals surface area contributed by atoms with Crippen molar-refractivity contribution in [2.45, 2.75) is 20.3 Å². The van der Waals surface area contributed by atoms with Gasteiger partial charge in [0.1, 0.15) is 0 Å². The number of halogens is 1. The summed E-state index contributed by atoms with van der Waals surface area (Å²) in [5.41, 5.74) is 5.36. The van der Waals surface area contributed by atoms with Gasteiger partial charge in [-0.1, -0.05) is 13.8 Å². The second-order valence-corrected chi connectivity index (χ2v) is 3.68. The molecule has 64 valence electrons. The molecule has 1 aromatic rings. The molecule has 1 rings (SSSR count). The fourth-order valence-corrected chi connectivity index (χ4v) is 2.10. The molecule has 0 amide bonds. The molecule has 0 aromatic carbocycles. The van der Waals surface area contributed by atoms with E-state index in [-0.39, 0.29) is 0 Å². The fraction of sp³-hybridized carbons (Fsp3) is 0.500. The Morgan fingerprint density at radius 1 is 1.55 bits per heavy atom. The standard InChI is InChI=1S/C6H8BrNS.C2H6/c7-5-3-6(1-2-8)9-4-5;1-2/h3-4H,1-2,8H2;1-2H3. The average molecular weight is 236 g/mol. The van der Waals surface area contributed by atoms with Gasteiger partial charge >= 0.3 is 0 Å². The molecule has 0 bridgehead atoms. The smallest absolute Gasteiger partial charge is 0.0285 e. The first-order chi connectivity index (χ1) is 5.33. The van der Waals surface area contributed by atoms with Crippen LogP contribution in [0.3, 0.4) is 0 Å². The van der Waals surface area contributed by atoms with Crippen LogP contribution in [0, 0.1) is 0 Å². The van der Waals surface area contributed by atoms with Crippen LogP contribution in [-0.4, -0.2) is 6.54 Å². The molecule has 0 unspecified atom stereocenters. The summed E-state index contributed by atoms with van der Waals surface area (Å²) in [6.07, 6.45) is 0.996. The normalized spacial score (nSPS) is 8.73. The Bertz CT molecular complexity index is 186. The predicted octanol–water partition coefficient (Wildman–Crippen LogP) is 3.04. The Morgan fingerprint density at radius 2 is 2.18 bits per heavy atom. The summed E-state index contributed by atoms with van der Waals surface area (Å²) in [5, 5.41) is 2.07. The van der Waals surface area contributed by atoms with E-state index >= 15 is 0 Å². The minimum Gasteiger partial charge on any atom is -0.330 e. The summed E-state index contributed by atoms with van der Waals surface area (Å²) >= 11 is 5.12. The zero-order valence-electron chi connectivity index (χ0n) is 6.93. The first kappa shape index (κ1) is 11.1. The summed E-state index contributed by atoms with van der Waals surface area (Å²) < 4.78 is 1.16. The molecule has 0 atom stereocenters. The van der Waals surface area contributed by atoms with Crippen molar-refractivity contribution >= 4 is 27.3 Å². The van der Waals surface area contributed by atoms with E-state index in [1.54, 1.807) is 11.3 Å². The number of nitrogens with two attached hydrogens (primary N) is 1. The van der Waals surface area contributed by atoms with Crippen molar-refractivity contribution in [1.82, 2.24) is 0 Å². The number of thiophene rings is 1. The molecule has 0 radical (unpaired) electrons. The van der Waals surface area contributed by atoms with Gasteiger partial charge in [0.05, 0.1) is 0 Å². The summed E-state index contributed by atoms with van der Waals surface area (Å²) in [6.45, 7) is 4.74. The summed E-state index contributed by atoms with van der Waals surface area (Å²) in [5.74, 6) is 0. The van der Waals surface area contributed by atoms with Gasteiger partial charge in [-0.05, 0) is 35.0 Å². The second kappa shape index (κ2) is 6.83. The van der Waals surface area contributed by atoms with Gasteiger partial charge in [-0.3, -0.25) is 0 Å². The van der Waals surface area contributed by atoms with Gasteiger partial charge in [0.2, 0.25) is 0 Å². The molecular formula is C8H14BrNS. The van der Waals surface area contributed by atoms with Crippen molar-refractivity contribution in [2.75, 3.05) is 6.54 Å². The van der Waals surface area contributed by atoms with Crippen molar-refractivity contribution in [2.24, 2.45) is 5.73 Å². The average Bonchev–Trinajstić information content (AvgIpc) is 2.41. The molecule has 1 aromatic heterocycles. The van der Waals surface area contributed by atoms with Gasteiger partial charge in [0.25, 0.3) is 0 Å². The highest BCUT2D eigenvalue weighted by molar-refractivity contribution is 9.10. The van der Waals surface area contributed by atoms with Gasteiger partial charge in [0.15, 0.2) is 0 Å². The molecule has 0 fully saturated rings. The highest BCUT2D eigenvalue weighted by Gasteiger charge is 1.93. The van der Waals surface area contributed by atoms with E-state index in [4.69, 9.17) is 5.73 Å². The summed E-state index contributed by atoms with van der Waals surface area (Å²) in [6, 6.07) is 2.11. The van der Waals surface area contributed by atoms with Crippen molar-refractivity contribution in [3.05, 3.63) is 20.8 Å². The SMILES string of the molecule is CC.NCCc1cc(Br)cs1. The Balaban J connectivity index is 0.000000461. The van der Waals surface area contributed by atoms with Crippen LogP contribution in [0.2, 0.25) is 0 Å². The number of hydrogen-bond acceptors (Lipinski definition) is 2. The monoisotopic (exact) mass is 235 g/mol. The van der Waals surface area contributed by atoms with E-state index in [1.807, 2.05) is 13.8 Å². The van der Waals surface area contributed by atoms with Crippen LogP contribution in [-0.2, 0) is 6.42 Å². The van der Waals surface area contributed by atoms with E-state index < -0.39 is 0 Å². The number of rotatable bonds is 2. The Kier molecular flexibility index (Phi) is 6.91. The maximum absolute atomic E-state index is 5.36. The van der Waals surface area contributed by atoms with E-state index in [2.05, 4.69) is 27.4 Å². The zero-order valence-corrected chi connectivity index (χ0v) is 9.33. The van der Waals surface area contributed by atoms with Gasteiger partial charge in [-0.2, -0.15) is 0 Å². The Labute approximate surface area is 80.7 Å². The lowest BCUT2D eigenvalue weighted by molar-refractivity contribution is 0.988. The quantitative estimate of drug-likeness (QED) is 0.839. The lowest BCUT2D eigenvalue weighted by atomic mass is 10.3. The molecule has 11 heavy (non-hydrogen) atoms. The van der Waals surface area contributed by atoms with E-state index in [0.29, 0.717) is 0 Å². The van der Waals surface area contributed by atoms with Gasteiger partial charge < -0.3 is 5.73 Å². The minimum atomic E-state index is 0.743. The highest BCUT2D eigenvalue weighted by Crippen LogP contribution is 2.19. The molecule has 1 heterocycles. The molecule has 0 aliphatic heterocycles. The predicted molar refractivity (Wildman–Crippen MR) is 56.1 cm³/mol. The first-order valence-corrected chi connectivity index (χ1v) is 5.43. The van der Waals surface area contributed by atoms with Gasteiger partial charge in [-0.15, -0.1) is 11.3 Å². The molecule has 0 saturated heterocycles. The summed E-state index contributed by atoms with van der Waals surface area (Å²) in [4.78, 5) is 1.35. The molecule has 0 spiro atoms. The molecule has 0 aliphatic rings. The zero-order chi connectivity index (χ0) is 8.69. The van der Waals surface area contributed by atoms with Crippen LogP contribution in [0.25, 0.3) is 0 Å². The third-order valence-electron chi connectivity index (χ3n) is 1.01. The van der Waals surface area contributed by atoms with Crippen LogP contribution >= 0.6 is 27.3 Å². The molecule has 0 saturated carbocycles. The molecule has 1 nitrogen and oxygen atoms in total. The van der Waals surface area contributed by atoms with Crippen LogP contribution < -0.4 is 5.73 Å². The lowest BCUT2D eigenvalue weighted by Crippen LogP contribution is -2.00. The number of hydrogen-bond donors (Lipinski definition) is 1. The Morgan fingerprint density at radius 3 is 2.55 bits per heavy atom. The Hall–Kier alpha value is 0.140. The van der Waals surface area contributed by atoms with Crippen LogP contribution in [0.5, 0.6) is 0 Å². The third kappa shape index (κ3) is 4.56. The van der Waals surface area contributed by atoms with Crippen molar-refractivity contribution in [3.8, 4) is 0 Å². The van der Waals surface area contributed by atoms with Crippen LogP contribution in [0.1, 0.15) is 18.7 Å². The molecule has 2 N–H and O–H groups in total.